The normalized spacial score (nSPS) is 16.7. The highest BCUT2D eigenvalue weighted by Gasteiger charge is 2.11. The molecule has 0 radical (unpaired) electrons. The van der Waals surface area contributed by atoms with Crippen LogP contribution in [-0.4, -0.2) is 19.0 Å². The zero-order valence-corrected chi connectivity index (χ0v) is 9.44. The number of nitrogens with one attached hydrogen (secondary N) is 2. The Morgan fingerprint density at radius 2 is 2.31 bits per heavy atom. The molecule has 0 bridgehead atoms. The molecule has 0 spiro atoms. The Morgan fingerprint density at radius 3 is 2.94 bits per heavy atom. The summed E-state index contributed by atoms with van der Waals surface area (Å²) >= 11 is 0. The molecule has 1 aromatic rings. The first-order valence-corrected chi connectivity index (χ1v) is 5.53. The molecule has 0 atom stereocenters. The molecule has 4 heteroatoms. The molecule has 0 aliphatic heterocycles. The molecular formula is C12H17N3O. The van der Waals surface area contributed by atoms with Crippen molar-refractivity contribution in [2.45, 2.75) is 25.4 Å². The van der Waals surface area contributed by atoms with Gasteiger partial charge in [0, 0.05) is 13.1 Å². The quantitative estimate of drug-likeness (QED) is 0.462. The van der Waals surface area contributed by atoms with Crippen molar-refractivity contribution in [3.05, 3.63) is 36.3 Å². The van der Waals surface area contributed by atoms with Gasteiger partial charge in [-0.25, -0.2) is 0 Å². The summed E-state index contributed by atoms with van der Waals surface area (Å²) in [5, 5.41) is 6.58. The number of furan rings is 1. The molecular weight excluding hydrogens is 202 g/mol. The molecule has 0 amide bonds. The summed E-state index contributed by atoms with van der Waals surface area (Å²) in [7, 11) is 1.78. The van der Waals surface area contributed by atoms with E-state index in [1.165, 1.54) is 0 Å². The third-order valence-electron chi connectivity index (χ3n) is 2.58. The lowest BCUT2D eigenvalue weighted by atomic mass is 10.2. The average molecular weight is 219 g/mol. The fraction of sp³-hybridized carbons (Fsp3) is 0.417. The van der Waals surface area contributed by atoms with Crippen LogP contribution >= 0.6 is 0 Å². The third kappa shape index (κ3) is 2.89. The number of nitrogens with zero attached hydrogens (tertiary/aromatic N) is 1. The highest BCUT2D eigenvalue weighted by atomic mass is 16.3. The lowest BCUT2D eigenvalue weighted by Crippen LogP contribution is -2.42. The van der Waals surface area contributed by atoms with Gasteiger partial charge in [0.15, 0.2) is 5.96 Å². The molecule has 4 nitrogen and oxygen atoms in total. The Hall–Kier alpha value is -1.71. The van der Waals surface area contributed by atoms with Gasteiger partial charge in [0.25, 0.3) is 0 Å². The van der Waals surface area contributed by atoms with Crippen molar-refractivity contribution in [1.82, 2.24) is 10.6 Å². The van der Waals surface area contributed by atoms with Crippen LogP contribution in [0, 0.1) is 0 Å². The molecule has 0 aromatic carbocycles. The van der Waals surface area contributed by atoms with Gasteiger partial charge < -0.3 is 15.1 Å². The molecule has 2 N–H and O–H groups in total. The van der Waals surface area contributed by atoms with Crippen LogP contribution in [0.2, 0.25) is 0 Å². The van der Waals surface area contributed by atoms with Crippen LogP contribution in [0.4, 0.5) is 0 Å². The fourth-order valence-electron chi connectivity index (χ4n) is 1.71. The van der Waals surface area contributed by atoms with Gasteiger partial charge in [0.05, 0.1) is 12.8 Å². The van der Waals surface area contributed by atoms with Gasteiger partial charge in [-0.2, -0.15) is 0 Å². The number of hydrogen-bond acceptors (Lipinski definition) is 2. The maximum absolute atomic E-state index is 5.24. The lowest BCUT2D eigenvalue weighted by molar-refractivity contribution is 0.499. The van der Waals surface area contributed by atoms with Crippen molar-refractivity contribution >= 4 is 5.96 Å². The van der Waals surface area contributed by atoms with Gasteiger partial charge in [-0.1, -0.05) is 12.2 Å². The smallest absolute Gasteiger partial charge is 0.191 e. The second-order valence-electron chi connectivity index (χ2n) is 3.79. The third-order valence-corrected chi connectivity index (χ3v) is 2.58. The molecule has 16 heavy (non-hydrogen) atoms. The molecule has 1 aliphatic rings. The second kappa shape index (κ2) is 5.39. The van der Waals surface area contributed by atoms with Gasteiger partial charge >= 0.3 is 0 Å². The summed E-state index contributed by atoms with van der Waals surface area (Å²) in [4.78, 5) is 4.18. The zero-order chi connectivity index (χ0) is 11.2. The Kier molecular flexibility index (Phi) is 3.64. The van der Waals surface area contributed by atoms with Crippen LogP contribution < -0.4 is 10.6 Å². The first kappa shape index (κ1) is 10.8. The van der Waals surface area contributed by atoms with Crippen molar-refractivity contribution in [1.29, 1.82) is 0 Å². The maximum Gasteiger partial charge on any atom is 0.191 e. The predicted octanol–water partition coefficient (Wildman–Crippen LogP) is 1.66. The molecule has 1 aliphatic carbocycles. The molecule has 0 unspecified atom stereocenters. The monoisotopic (exact) mass is 219 g/mol. The summed E-state index contributed by atoms with van der Waals surface area (Å²) in [5.74, 6) is 1.73. The SMILES string of the molecule is CN=C(NCc1ccco1)NC1CC=CC1. The van der Waals surface area contributed by atoms with Crippen LogP contribution in [-0.2, 0) is 6.54 Å². The minimum absolute atomic E-state index is 0.475. The van der Waals surface area contributed by atoms with E-state index in [9.17, 15) is 0 Å². The first-order chi connectivity index (χ1) is 7.88. The highest BCUT2D eigenvalue weighted by Crippen LogP contribution is 2.08. The molecule has 0 saturated heterocycles. The zero-order valence-electron chi connectivity index (χ0n) is 9.44. The Bertz CT molecular complexity index is 360. The molecule has 0 fully saturated rings. The van der Waals surface area contributed by atoms with Crippen molar-refractivity contribution in [3.8, 4) is 0 Å². The Balaban J connectivity index is 1.77. The molecule has 86 valence electrons. The van der Waals surface area contributed by atoms with E-state index in [1.54, 1.807) is 13.3 Å². The van der Waals surface area contributed by atoms with E-state index in [0.717, 1.165) is 24.6 Å². The van der Waals surface area contributed by atoms with Crippen molar-refractivity contribution in [2.75, 3.05) is 7.05 Å². The summed E-state index contributed by atoms with van der Waals surface area (Å²) in [6, 6.07) is 4.30. The Morgan fingerprint density at radius 1 is 1.50 bits per heavy atom. The first-order valence-electron chi connectivity index (χ1n) is 5.53. The van der Waals surface area contributed by atoms with Crippen molar-refractivity contribution in [3.63, 3.8) is 0 Å². The number of hydrogen-bond donors (Lipinski definition) is 2. The van der Waals surface area contributed by atoms with E-state index in [2.05, 4.69) is 27.8 Å². The Labute approximate surface area is 95.4 Å². The number of aliphatic imine (C=N–C) groups is 1. The van der Waals surface area contributed by atoms with Crippen LogP contribution in [0.25, 0.3) is 0 Å². The van der Waals surface area contributed by atoms with Gasteiger partial charge in [-0.05, 0) is 25.0 Å². The van der Waals surface area contributed by atoms with Crippen LogP contribution in [0.5, 0.6) is 0 Å². The van der Waals surface area contributed by atoms with E-state index in [4.69, 9.17) is 4.42 Å². The summed E-state index contributed by atoms with van der Waals surface area (Å²) < 4.78 is 5.24. The fourth-order valence-corrected chi connectivity index (χ4v) is 1.71. The number of guanidine groups is 1. The van der Waals surface area contributed by atoms with Crippen LogP contribution in [0.3, 0.4) is 0 Å². The molecule has 1 heterocycles. The average Bonchev–Trinajstić information content (AvgIpc) is 2.97. The minimum Gasteiger partial charge on any atom is -0.467 e. The number of rotatable bonds is 3. The predicted molar refractivity (Wildman–Crippen MR) is 64.2 cm³/mol. The molecule has 2 rings (SSSR count). The molecule has 0 saturated carbocycles. The summed E-state index contributed by atoms with van der Waals surface area (Å²) in [6.07, 6.45) is 8.20. The van der Waals surface area contributed by atoms with E-state index >= 15 is 0 Å². The van der Waals surface area contributed by atoms with Crippen LogP contribution in [0.15, 0.2) is 40.0 Å². The maximum atomic E-state index is 5.24. The van der Waals surface area contributed by atoms with Gasteiger partial charge in [-0.15, -0.1) is 0 Å². The largest absolute Gasteiger partial charge is 0.467 e. The van der Waals surface area contributed by atoms with E-state index in [0.29, 0.717) is 12.6 Å². The van der Waals surface area contributed by atoms with Gasteiger partial charge in [0.2, 0.25) is 0 Å². The molecule has 1 aromatic heterocycles. The second-order valence-corrected chi connectivity index (χ2v) is 3.79. The van der Waals surface area contributed by atoms with Crippen LogP contribution in [0.1, 0.15) is 18.6 Å². The standard InChI is InChI=1S/C12H17N3O/c1-13-12(15-10-5-2-3-6-10)14-9-11-7-4-8-16-11/h2-4,7-8,10H,5-6,9H2,1H3,(H2,13,14,15). The van der Waals surface area contributed by atoms with E-state index in [1.807, 2.05) is 12.1 Å². The summed E-state index contributed by atoms with van der Waals surface area (Å²) in [6.45, 7) is 0.660. The van der Waals surface area contributed by atoms with Gasteiger partial charge in [-0.3, -0.25) is 4.99 Å². The van der Waals surface area contributed by atoms with E-state index < -0.39 is 0 Å². The minimum atomic E-state index is 0.475. The van der Waals surface area contributed by atoms with Crippen molar-refractivity contribution < 1.29 is 4.42 Å². The van der Waals surface area contributed by atoms with E-state index in [-0.39, 0.29) is 0 Å². The topological polar surface area (TPSA) is 49.6 Å². The lowest BCUT2D eigenvalue weighted by Gasteiger charge is -2.16. The van der Waals surface area contributed by atoms with Gasteiger partial charge in [0.1, 0.15) is 5.76 Å². The summed E-state index contributed by atoms with van der Waals surface area (Å²) in [5.41, 5.74) is 0. The highest BCUT2D eigenvalue weighted by molar-refractivity contribution is 5.79. The van der Waals surface area contributed by atoms with Crippen molar-refractivity contribution in [2.24, 2.45) is 4.99 Å².